The van der Waals surface area contributed by atoms with E-state index >= 15 is 0 Å². The van der Waals surface area contributed by atoms with Gasteiger partial charge in [0.1, 0.15) is 0 Å². The summed E-state index contributed by atoms with van der Waals surface area (Å²) in [6.07, 6.45) is 10.0. The minimum atomic E-state index is -0.167. The van der Waals surface area contributed by atoms with Crippen molar-refractivity contribution in [2.45, 2.75) is 25.4 Å². The van der Waals surface area contributed by atoms with E-state index in [0.717, 1.165) is 35.5 Å². The zero-order valence-electron chi connectivity index (χ0n) is 10.2. The van der Waals surface area contributed by atoms with Crippen molar-refractivity contribution in [3.05, 3.63) is 12.2 Å². The van der Waals surface area contributed by atoms with Gasteiger partial charge in [0.2, 0.25) is 0 Å². The number of allylic oxidation sites excluding steroid dienone is 2. The fraction of sp³-hybridized carbons (Fsp3) is 0.857. The van der Waals surface area contributed by atoms with E-state index in [1.54, 1.807) is 0 Å². The predicted molar refractivity (Wildman–Crippen MR) is 67.6 cm³/mol. The van der Waals surface area contributed by atoms with Crippen LogP contribution in [-0.4, -0.2) is 19.4 Å². The van der Waals surface area contributed by atoms with Crippen LogP contribution in [0.15, 0.2) is 12.2 Å². The molecule has 4 rings (SSSR count). The molecule has 3 saturated carbocycles. The molecule has 0 amide bonds. The number of hydrogen-bond donors (Lipinski definition) is 0. The second-order valence-electron chi connectivity index (χ2n) is 6.45. The highest BCUT2D eigenvalue weighted by Crippen LogP contribution is 2.66. The monoisotopic (exact) mass is 236 g/mol. The third kappa shape index (κ3) is 1.20. The Labute approximate surface area is 99.5 Å². The normalized spacial score (nSPS) is 56.6. The Morgan fingerprint density at radius 2 is 1.75 bits per heavy atom. The van der Waals surface area contributed by atoms with Crippen molar-refractivity contribution < 1.29 is 4.52 Å². The molecule has 3 fully saturated rings. The standard InChI is InChI=1S/C14H21OP/c1-16(2)15-12-7-10-6-11(12)14-9-4-3-8(5-9)13(10)14/h3-4,8-14H,5-7H2,1-2H3. The van der Waals surface area contributed by atoms with Crippen LogP contribution in [0.1, 0.15) is 19.3 Å². The van der Waals surface area contributed by atoms with Crippen LogP contribution in [0.3, 0.4) is 0 Å². The second-order valence-corrected chi connectivity index (χ2v) is 8.29. The van der Waals surface area contributed by atoms with Crippen molar-refractivity contribution in [2.75, 3.05) is 13.3 Å². The van der Waals surface area contributed by atoms with Crippen LogP contribution >= 0.6 is 8.15 Å². The van der Waals surface area contributed by atoms with Crippen LogP contribution in [-0.2, 0) is 4.52 Å². The summed E-state index contributed by atoms with van der Waals surface area (Å²) in [5.41, 5.74) is 0. The van der Waals surface area contributed by atoms with Crippen molar-refractivity contribution in [1.29, 1.82) is 0 Å². The predicted octanol–water partition coefficient (Wildman–Crippen LogP) is 3.51. The minimum absolute atomic E-state index is 0.167. The summed E-state index contributed by atoms with van der Waals surface area (Å²) in [7, 11) is -0.167. The number of hydrogen-bond acceptors (Lipinski definition) is 1. The highest BCUT2D eigenvalue weighted by atomic mass is 31.1. The third-order valence-corrected chi connectivity index (χ3v) is 6.25. The largest absolute Gasteiger partial charge is 0.356 e. The fourth-order valence-electron chi connectivity index (χ4n) is 5.35. The van der Waals surface area contributed by atoms with Crippen molar-refractivity contribution in [1.82, 2.24) is 0 Å². The van der Waals surface area contributed by atoms with Crippen molar-refractivity contribution in [3.63, 3.8) is 0 Å². The van der Waals surface area contributed by atoms with Crippen LogP contribution in [0.4, 0.5) is 0 Å². The lowest BCUT2D eigenvalue weighted by atomic mass is 9.72. The SMILES string of the molecule is CP(C)OC1CC2CC1C1C3C=CC(C3)C21. The van der Waals surface area contributed by atoms with Crippen LogP contribution in [0.25, 0.3) is 0 Å². The van der Waals surface area contributed by atoms with E-state index in [2.05, 4.69) is 25.5 Å². The van der Waals surface area contributed by atoms with E-state index < -0.39 is 0 Å². The molecule has 0 spiro atoms. The summed E-state index contributed by atoms with van der Waals surface area (Å²) in [5, 5.41) is 0. The molecule has 0 heterocycles. The van der Waals surface area contributed by atoms with Crippen molar-refractivity contribution in [2.24, 2.45) is 35.5 Å². The van der Waals surface area contributed by atoms with Gasteiger partial charge >= 0.3 is 0 Å². The molecule has 0 radical (unpaired) electrons. The molecule has 7 atom stereocenters. The summed E-state index contributed by atoms with van der Waals surface area (Å²) < 4.78 is 6.20. The molecule has 4 aliphatic rings. The van der Waals surface area contributed by atoms with Gasteiger partial charge in [-0.25, -0.2) is 0 Å². The molecule has 7 unspecified atom stereocenters. The zero-order valence-corrected chi connectivity index (χ0v) is 11.1. The smallest absolute Gasteiger partial charge is 0.0651 e. The van der Waals surface area contributed by atoms with Crippen LogP contribution in [0.5, 0.6) is 0 Å². The number of rotatable bonds is 2. The zero-order chi connectivity index (χ0) is 10.9. The van der Waals surface area contributed by atoms with Gasteiger partial charge in [0.05, 0.1) is 6.10 Å². The van der Waals surface area contributed by atoms with Gasteiger partial charge < -0.3 is 4.52 Å². The quantitative estimate of drug-likeness (QED) is 0.405. The average molecular weight is 236 g/mol. The summed E-state index contributed by atoms with van der Waals surface area (Å²) in [4.78, 5) is 0. The van der Waals surface area contributed by atoms with Gasteiger partial charge in [0, 0.05) is 8.15 Å². The lowest BCUT2D eigenvalue weighted by Crippen LogP contribution is -2.34. The molecule has 0 aromatic heterocycles. The molecule has 0 N–H and O–H groups in total. The lowest BCUT2D eigenvalue weighted by molar-refractivity contribution is 0.0765. The molecule has 0 aromatic rings. The highest BCUT2D eigenvalue weighted by molar-refractivity contribution is 7.50. The molecule has 4 aliphatic carbocycles. The average Bonchev–Trinajstić information content (AvgIpc) is 2.93. The van der Waals surface area contributed by atoms with Gasteiger partial charge in [-0.15, -0.1) is 0 Å². The maximum absolute atomic E-state index is 6.20. The van der Waals surface area contributed by atoms with Gasteiger partial charge in [-0.05, 0) is 68.1 Å². The van der Waals surface area contributed by atoms with Gasteiger partial charge in [0.15, 0.2) is 0 Å². The Hall–Kier alpha value is 0.130. The third-order valence-electron chi connectivity index (χ3n) is 5.56. The summed E-state index contributed by atoms with van der Waals surface area (Å²) in [5.74, 6) is 5.87. The Balaban J connectivity index is 1.59. The van der Waals surface area contributed by atoms with E-state index in [4.69, 9.17) is 4.52 Å². The topological polar surface area (TPSA) is 9.23 Å². The highest BCUT2D eigenvalue weighted by Gasteiger charge is 2.61. The minimum Gasteiger partial charge on any atom is -0.356 e. The molecule has 16 heavy (non-hydrogen) atoms. The Morgan fingerprint density at radius 1 is 1.00 bits per heavy atom. The molecule has 0 aromatic carbocycles. The van der Waals surface area contributed by atoms with Gasteiger partial charge in [0.25, 0.3) is 0 Å². The van der Waals surface area contributed by atoms with Crippen LogP contribution in [0, 0.1) is 35.5 Å². The first-order valence-electron chi connectivity index (χ1n) is 6.76. The molecule has 88 valence electrons. The maximum atomic E-state index is 6.20. The molecule has 2 heteroatoms. The first-order valence-corrected chi connectivity index (χ1v) is 8.92. The van der Waals surface area contributed by atoms with E-state index in [1.165, 1.54) is 19.3 Å². The van der Waals surface area contributed by atoms with E-state index in [1.807, 2.05) is 0 Å². The van der Waals surface area contributed by atoms with Crippen molar-refractivity contribution in [3.8, 4) is 0 Å². The van der Waals surface area contributed by atoms with E-state index in [-0.39, 0.29) is 8.15 Å². The summed E-state index contributed by atoms with van der Waals surface area (Å²) in [6, 6.07) is 0. The van der Waals surface area contributed by atoms with Gasteiger partial charge in [-0.3, -0.25) is 0 Å². The summed E-state index contributed by atoms with van der Waals surface area (Å²) >= 11 is 0. The lowest BCUT2D eigenvalue weighted by Gasteiger charge is -2.37. The Kier molecular flexibility index (Phi) is 2.10. The molecule has 0 saturated heterocycles. The van der Waals surface area contributed by atoms with E-state index in [9.17, 15) is 0 Å². The second kappa shape index (κ2) is 3.33. The number of fused-ring (bicyclic) bond motifs is 9. The molecule has 0 aliphatic heterocycles. The maximum Gasteiger partial charge on any atom is 0.0651 e. The molecule has 1 nitrogen and oxygen atoms in total. The van der Waals surface area contributed by atoms with Crippen molar-refractivity contribution >= 4 is 8.15 Å². The molecular weight excluding hydrogens is 215 g/mol. The first kappa shape index (κ1) is 10.1. The summed E-state index contributed by atoms with van der Waals surface area (Å²) in [6.45, 7) is 4.50. The Bertz CT molecular complexity index is 338. The van der Waals surface area contributed by atoms with Gasteiger partial charge in [-0.2, -0.15) is 0 Å². The molecule has 4 bridgehead atoms. The first-order chi connectivity index (χ1) is 7.74. The Morgan fingerprint density at radius 3 is 2.50 bits per heavy atom. The fourth-order valence-corrected chi connectivity index (χ4v) is 6.13. The van der Waals surface area contributed by atoms with Crippen LogP contribution in [0.2, 0.25) is 0 Å². The van der Waals surface area contributed by atoms with Crippen LogP contribution < -0.4 is 0 Å². The van der Waals surface area contributed by atoms with Gasteiger partial charge in [-0.1, -0.05) is 12.2 Å². The van der Waals surface area contributed by atoms with E-state index in [0.29, 0.717) is 6.10 Å². The molecular formula is C14H21OP.